The van der Waals surface area contributed by atoms with Crippen LogP contribution in [-0.4, -0.2) is 32.7 Å². The van der Waals surface area contributed by atoms with Crippen molar-refractivity contribution in [3.63, 3.8) is 0 Å². The number of benzene rings is 1. The van der Waals surface area contributed by atoms with Gasteiger partial charge in [0.2, 0.25) is 5.91 Å². The topological polar surface area (TPSA) is 50.4 Å². The van der Waals surface area contributed by atoms with Crippen LogP contribution in [0, 0.1) is 0 Å². The van der Waals surface area contributed by atoms with E-state index in [1.54, 1.807) is 7.11 Å². The normalized spacial score (nSPS) is 10.0. The predicted molar refractivity (Wildman–Crippen MR) is 72.1 cm³/mol. The van der Waals surface area contributed by atoms with Crippen molar-refractivity contribution in [1.82, 2.24) is 5.32 Å². The number of ether oxygens (including phenoxy) is 1. The summed E-state index contributed by atoms with van der Waals surface area (Å²) in [6.07, 6.45) is 0.831. The molecule has 0 atom stereocenters. The summed E-state index contributed by atoms with van der Waals surface area (Å²) in [5, 5.41) is 5.87. The molecule has 0 saturated heterocycles. The molecule has 0 aliphatic rings. The van der Waals surface area contributed by atoms with Crippen LogP contribution in [0.4, 0.5) is 5.69 Å². The van der Waals surface area contributed by atoms with Crippen LogP contribution < -0.4 is 10.6 Å². The molecule has 0 aliphatic heterocycles. The van der Waals surface area contributed by atoms with Crippen LogP contribution >= 0.6 is 15.9 Å². The van der Waals surface area contributed by atoms with Gasteiger partial charge in [0.1, 0.15) is 0 Å². The molecule has 0 bridgehead atoms. The standard InChI is InChI=1S/C12H17BrN2O2/c1-17-8-4-7-14-12(16)9-15-11-6-3-2-5-10(11)13/h2-3,5-6,15H,4,7-9H2,1H3,(H,14,16). The van der Waals surface area contributed by atoms with E-state index in [0.29, 0.717) is 13.2 Å². The van der Waals surface area contributed by atoms with E-state index in [2.05, 4.69) is 26.6 Å². The van der Waals surface area contributed by atoms with Gasteiger partial charge in [0.25, 0.3) is 0 Å². The molecule has 0 heterocycles. The summed E-state index contributed by atoms with van der Waals surface area (Å²) in [5.74, 6) is -0.0168. The maximum absolute atomic E-state index is 11.5. The molecular formula is C12H17BrN2O2. The molecule has 1 amide bonds. The van der Waals surface area contributed by atoms with Gasteiger partial charge in [-0.15, -0.1) is 0 Å². The second-order valence-corrected chi connectivity index (χ2v) is 4.38. The Morgan fingerprint density at radius 2 is 2.18 bits per heavy atom. The van der Waals surface area contributed by atoms with Crippen molar-refractivity contribution >= 4 is 27.5 Å². The van der Waals surface area contributed by atoms with E-state index in [-0.39, 0.29) is 12.5 Å². The largest absolute Gasteiger partial charge is 0.385 e. The zero-order valence-electron chi connectivity index (χ0n) is 9.83. The van der Waals surface area contributed by atoms with E-state index in [9.17, 15) is 4.79 Å². The summed E-state index contributed by atoms with van der Waals surface area (Å²) in [7, 11) is 1.65. The van der Waals surface area contributed by atoms with Crippen LogP contribution in [0.15, 0.2) is 28.7 Å². The van der Waals surface area contributed by atoms with E-state index in [4.69, 9.17) is 4.74 Å². The summed E-state index contributed by atoms with van der Waals surface area (Å²) in [6.45, 7) is 1.58. The number of para-hydroxylation sites is 1. The number of hydrogen-bond acceptors (Lipinski definition) is 3. The zero-order valence-corrected chi connectivity index (χ0v) is 11.4. The van der Waals surface area contributed by atoms with Crippen LogP contribution in [0.1, 0.15) is 6.42 Å². The minimum Gasteiger partial charge on any atom is -0.385 e. The van der Waals surface area contributed by atoms with Crippen molar-refractivity contribution in [1.29, 1.82) is 0 Å². The van der Waals surface area contributed by atoms with Gasteiger partial charge in [-0.3, -0.25) is 4.79 Å². The number of methoxy groups -OCH3 is 1. The van der Waals surface area contributed by atoms with E-state index in [1.807, 2.05) is 24.3 Å². The fraction of sp³-hybridized carbons (Fsp3) is 0.417. The van der Waals surface area contributed by atoms with E-state index < -0.39 is 0 Å². The van der Waals surface area contributed by atoms with Crippen LogP contribution in [0.5, 0.6) is 0 Å². The average molecular weight is 301 g/mol. The lowest BCUT2D eigenvalue weighted by Crippen LogP contribution is -2.31. The molecule has 17 heavy (non-hydrogen) atoms. The highest BCUT2D eigenvalue weighted by molar-refractivity contribution is 9.10. The van der Waals surface area contributed by atoms with Crippen molar-refractivity contribution in [2.24, 2.45) is 0 Å². The molecule has 0 spiro atoms. The second kappa shape index (κ2) is 8.08. The molecule has 1 rings (SSSR count). The number of carbonyl (C=O) groups excluding carboxylic acids is 1. The molecule has 1 aromatic carbocycles. The van der Waals surface area contributed by atoms with Crippen LogP contribution in [0.25, 0.3) is 0 Å². The van der Waals surface area contributed by atoms with E-state index in [0.717, 1.165) is 16.6 Å². The highest BCUT2D eigenvalue weighted by Crippen LogP contribution is 2.20. The Kier molecular flexibility index (Phi) is 6.65. The first-order chi connectivity index (χ1) is 8.24. The Morgan fingerprint density at radius 3 is 2.88 bits per heavy atom. The monoisotopic (exact) mass is 300 g/mol. The Balaban J connectivity index is 2.22. The fourth-order valence-electron chi connectivity index (χ4n) is 1.29. The first kappa shape index (κ1) is 14.0. The van der Waals surface area contributed by atoms with Crippen molar-refractivity contribution < 1.29 is 9.53 Å². The lowest BCUT2D eigenvalue weighted by molar-refractivity contribution is -0.119. The number of nitrogens with one attached hydrogen (secondary N) is 2. The highest BCUT2D eigenvalue weighted by atomic mass is 79.9. The third-order valence-electron chi connectivity index (χ3n) is 2.16. The Morgan fingerprint density at radius 1 is 1.41 bits per heavy atom. The second-order valence-electron chi connectivity index (χ2n) is 3.53. The first-order valence-electron chi connectivity index (χ1n) is 5.48. The third kappa shape index (κ3) is 5.70. The molecule has 0 radical (unpaired) electrons. The van der Waals surface area contributed by atoms with Gasteiger partial charge in [-0.05, 0) is 34.5 Å². The van der Waals surface area contributed by atoms with Crippen LogP contribution in [0.3, 0.4) is 0 Å². The maximum Gasteiger partial charge on any atom is 0.239 e. The Hall–Kier alpha value is -1.07. The smallest absolute Gasteiger partial charge is 0.239 e. The SMILES string of the molecule is COCCCNC(=O)CNc1ccccc1Br. The molecule has 0 saturated carbocycles. The van der Waals surface area contributed by atoms with Gasteiger partial charge in [-0.25, -0.2) is 0 Å². The summed E-state index contributed by atoms with van der Waals surface area (Å²) in [6, 6.07) is 7.70. The van der Waals surface area contributed by atoms with Gasteiger partial charge in [-0.2, -0.15) is 0 Å². The van der Waals surface area contributed by atoms with E-state index in [1.165, 1.54) is 0 Å². The number of anilines is 1. The van der Waals surface area contributed by atoms with Gasteiger partial charge in [0.05, 0.1) is 6.54 Å². The van der Waals surface area contributed by atoms with Crippen molar-refractivity contribution in [3.8, 4) is 0 Å². The molecule has 0 aliphatic carbocycles. The fourth-order valence-corrected chi connectivity index (χ4v) is 1.71. The number of halogens is 1. The van der Waals surface area contributed by atoms with Gasteiger partial charge in [0.15, 0.2) is 0 Å². The van der Waals surface area contributed by atoms with Gasteiger partial charge >= 0.3 is 0 Å². The summed E-state index contributed by atoms with van der Waals surface area (Å²) in [4.78, 5) is 11.5. The molecule has 1 aromatic rings. The summed E-state index contributed by atoms with van der Waals surface area (Å²) in [5.41, 5.74) is 0.916. The summed E-state index contributed by atoms with van der Waals surface area (Å²) < 4.78 is 5.85. The minimum atomic E-state index is -0.0168. The van der Waals surface area contributed by atoms with Crippen LogP contribution in [0.2, 0.25) is 0 Å². The molecule has 94 valence electrons. The molecule has 2 N–H and O–H groups in total. The number of hydrogen-bond donors (Lipinski definition) is 2. The number of rotatable bonds is 7. The Labute approximate surface area is 110 Å². The molecule has 0 unspecified atom stereocenters. The van der Waals surface area contributed by atoms with Crippen LogP contribution in [-0.2, 0) is 9.53 Å². The molecular weight excluding hydrogens is 284 g/mol. The van der Waals surface area contributed by atoms with Gasteiger partial charge < -0.3 is 15.4 Å². The first-order valence-corrected chi connectivity index (χ1v) is 6.27. The van der Waals surface area contributed by atoms with Crippen molar-refractivity contribution in [2.45, 2.75) is 6.42 Å². The number of carbonyl (C=O) groups is 1. The lowest BCUT2D eigenvalue weighted by atomic mass is 10.3. The van der Waals surface area contributed by atoms with Gasteiger partial charge in [0, 0.05) is 30.4 Å². The van der Waals surface area contributed by atoms with Gasteiger partial charge in [-0.1, -0.05) is 12.1 Å². The van der Waals surface area contributed by atoms with E-state index >= 15 is 0 Å². The minimum absolute atomic E-state index is 0.0168. The maximum atomic E-state index is 11.5. The zero-order chi connectivity index (χ0) is 12.5. The molecule has 5 heteroatoms. The molecule has 0 fully saturated rings. The predicted octanol–water partition coefficient (Wildman–Crippen LogP) is 2.01. The quantitative estimate of drug-likeness (QED) is 0.758. The highest BCUT2D eigenvalue weighted by Gasteiger charge is 2.02. The van der Waals surface area contributed by atoms with Crippen molar-refractivity contribution in [2.75, 3.05) is 32.1 Å². The third-order valence-corrected chi connectivity index (χ3v) is 2.85. The average Bonchev–Trinajstić information content (AvgIpc) is 2.34. The van der Waals surface area contributed by atoms with Crippen molar-refractivity contribution in [3.05, 3.63) is 28.7 Å². The lowest BCUT2D eigenvalue weighted by Gasteiger charge is -2.08. The Bertz CT molecular complexity index is 358. The summed E-state index contributed by atoms with van der Waals surface area (Å²) >= 11 is 3.41. The number of amides is 1. The molecule has 4 nitrogen and oxygen atoms in total. The molecule has 0 aromatic heterocycles.